The number of anilines is 1. The zero-order chi connectivity index (χ0) is 11.5. The second kappa shape index (κ2) is 4.70. The van der Waals surface area contributed by atoms with Crippen LogP contribution in [0.2, 0.25) is 0 Å². The van der Waals surface area contributed by atoms with E-state index in [0.717, 1.165) is 30.3 Å². The average molecular weight is 222 g/mol. The van der Waals surface area contributed by atoms with Crippen molar-refractivity contribution in [3.63, 3.8) is 0 Å². The maximum atomic E-state index is 5.51. The summed E-state index contributed by atoms with van der Waals surface area (Å²) in [5, 5.41) is 3.39. The molecule has 1 aromatic heterocycles. The highest BCUT2D eigenvalue weighted by atomic mass is 16.5. The van der Waals surface area contributed by atoms with Crippen LogP contribution in [0.25, 0.3) is 0 Å². The normalized spacial score (nSPS) is 24.4. The van der Waals surface area contributed by atoms with Gasteiger partial charge in [0.15, 0.2) is 11.6 Å². The van der Waals surface area contributed by atoms with Gasteiger partial charge in [-0.3, -0.25) is 0 Å². The van der Waals surface area contributed by atoms with Crippen LogP contribution in [-0.4, -0.2) is 30.8 Å². The summed E-state index contributed by atoms with van der Waals surface area (Å²) < 4.78 is 10.8. The summed E-state index contributed by atoms with van der Waals surface area (Å²) in [7, 11) is 1.66. The number of hydrogen-bond acceptors (Lipinski definition) is 4. The van der Waals surface area contributed by atoms with Crippen LogP contribution in [0.15, 0.2) is 12.1 Å². The molecule has 0 spiro atoms. The van der Waals surface area contributed by atoms with E-state index in [0.29, 0.717) is 6.04 Å². The van der Waals surface area contributed by atoms with Crippen LogP contribution in [0.3, 0.4) is 0 Å². The van der Waals surface area contributed by atoms with Crippen LogP contribution >= 0.6 is 0 Å². The number of aromatic nitrogens is 1. The molecule has 2 unspecified atom stereocenters. The van der Waals surface area contributed by atoms with Crippen LogP contribution in [-0.2, 0) is 4.74 Å². The van der Waals surface area contributed by atoms with Gasteiger partial charge in [0.2, 0.25) is 0 Å². The molecule has 0 bridgehead atoms. The van der Waals surface area contributed by atoms with Crippen LogP contribution in [0.1, 0.15) is 19.0 Å². The molecule has 2 heterocycles. The average Bonchev–Trinajstić information content (AvgIpc) is 2.65. The Labute approximate surface area is 96.0 Å². The van der Waals surface area contributed by atoms with Crippen LogP contribution in [0.5, 0.6) is 5.75 Å². The minimum atomic E-state index is 0.229. The SMILES string of the molecule is COc1ccc(C)nc1NC1CCOC1C. The van der Waals surface area contributed by atoms with Crippen molar-refractivity contribution in [3.8, 4) is 5.75 Å². The Kier molecular flexibility index (Phi) is 3.29. The summed E-state index contributed by atoms with van der Waals surface area (Å²) in [4.78, 5) is 4.45. The van der Waals surface area contributed by atoms with Crippen molar-refractivity contribution < 1.29 is 9.47 Å². The molecule has 4 heteroatoms. The van der Waals surface area contributed by atoms with E-state index in [2.05, 4.69) is 17.2 Å². The molecule has 0 amide bonds. The molecule has 16 heavy (non-hydrogen) atoms. The molecule has 1 aliphatic rings. The molecule has 1 fully saturated rings. The summed E-state index contributed by atoms with van der Waals surface area (Å²) >= 11 is 0. The molecule has 1 saturated heterocycles. The van der Waals surface area contributed by atoms with Gasteiger partial charge in [-0.05, 0) is 32.4 Å². The fourth-order valence-electron chi connectivity index (χ4n) is 1.91. The van der Waals surface area contributed by atoms with E-state index in [4.69, 9.17) is 9.47 Å². The largest absolute Gasteiger partial charge is 0.493 e. The van der Waals surface area contributed by atoms with E-state index < -0.39 is 0 Å². The maximum absolute atomic E-state index is 5.51. The smallest absolute Gasteiger partial charge is 0.169 e. The number of pyridine rings is 1. The lowest BCUT2D eigenvalue weighted by Crippen LogP contribution is -2.27. The second-order valence-electron chi connectivity index (χ2n) is 4.12. The van der Waals surface area contributed by atoms with Crippen molar-refractivity contribution in [2.24, 2.45) is 0 Å². The third kappa shape index (κ3) is 2.27. The van der Waals surface area contributed by atoms with Gasteiger partial charge in [-0.25, -0.2) is 4.98 Å². The van der Waals surface area contributed by atoms with E-state index in [-0.39, 0.29) is 6.10 Å². The van der Waals surface area contributed by atoms with Crippen molar-refractivity contribution in [3.05, 3.63) is 17.8 Å². The number of ether oxygens (including phenoxy) is 2. The fourth-order valence-corrected chi connectivity index (χ4v) is 1.91. The number of nitrogens with one attached hydrogen (secondary N) is 1. The number of aryl methyl sites for hydroxylation is 1. The number of nitrogens with zero attached hydrogens (tertiary/aromatic N) is 1. The summed E-state index contributed by atoms with van der Waals surface area (Å²) in [6.07, 6.45) is 1.24. The van der Waals surface area contributed by atoms with E-state index >= 15 is 0 Å². The lowest BCUT2D eigenvalue weighted by molar-refractivity contribution is 0.121. The van der Waals surface area contributed by atoms with Gasteiger partial charge in [-0.15, -0.1) is 0 Å². The van der Waals surface area contributed by atoms with Crippen molar-refractivity contribution in [1.29, 1.82) is 0 Å². The van der Waals surface area contributed by atoms with Gasteiger partial charge in [-0.2, -0.15) is 0 Å². The van der Waals surface area contributed by atoms with Crippen LogP contribution in [0.4, 0.5) is 5.82 Å². The fraction of sp³-hybridized carbons (Fsp3) is 0.583. The van der Waals surface area contributed by atoms with Gasteiger partial charge in [0.05, 0.1) is 19.3 Å². The topological polar surface area (TPSA) is 43.4 Å². The first-order chi connectivity index (χ1) is 7.70. The number of methoxy groups -OCH3 is 1. The number of hydrogen-bond donors (Lipinski definition) is 1. The molecule has 1 aromatic rings. The quantitative estimate of drug-likeness (QED) is 0.849. The Morgan fingerprint density at radius 3 is 2.94 bits per heavy atom. The molecule has 1 N–H and O–H groups in total. The summed E-state index contributed by atoms with van der Waals surface area (Å²) in [6.45, 7) is 4.86. The van der Waals surface area contributed by atoms with Crippen molar-refractivity contribution in [1.82, 2.24) is 4.98 Å². The molecule has 1 aliphatic heterocycles. The van der Waals surface area contributed by atoms with E-state index in [1.807, 2.05) is 19.1 Å². The standard InChI is InChI=1S/C12H18N2O2/c1-8-4-5-11(15-3)12(13-8)14-10-6-7-16-9(10)2/h4-5,9-10H,6-7H2,1-3H3,(H,13,14). The Balaban J connectivity index is 2.16. The molecule has 0 radical (unpaired) electrons. The summed E-state index contributed by atoms with van der Waals surface area (Å²) in [5.74, 6) is 1.59. The molecule has 0 saturated carbocycles. The third-order valence-electron chi connectivity index (χ3n) is 2.92. The minimum absolute atomic E-state index is 0.229. The van der Waals surface area contributed by atoms with E-state index in [1.54, 1.807) is 7.11 Å². The Morgan fingerprint density at radius 2 is 2.31 bits per heavy atom. The van der Waals surface area contributed by atoms with Gasteiger partial charge >= 0.3 is 0 Å². The summed E-state index contributed by atoms with van der Waals surface area (Å²) in [5.41, 5.74) is 0.981. The van der Waals surface area contributed by atoms with Gasteiger partial charge in [0.25, 0.3) is 0 Å². The zero-order valence-corrected chi connectivity index (χ0v) is 9.99. The Hall–Kier alpha value is -1.29. The monoisotopic (exact) mass is 222 g/mol. The molecule has 2 atom stereocenters. The predicted molar refractivity (Wildman–Crippen MR) is 63.0 cm³/mol. The molecule has 0 aliphatic carbocycles. The predicted octanol–water partition coefficient (Wildman–Crippen LogP) is 1.99. The highest BCUT2D eigenvalue weighted by Crippen LogP contribution is 2.25. The van der Waals surface area contributed by atoms with Crippen LogP contribution < -0.4 is 10.1 Å². The highest BCUT2D eigenvalue weighted by Gasteiger charge is 2.25. The third-order valence-corrected chi connectivity index (χ3v) is 2.92. The zero-order valence-electron chi connectivity index (χ0n) is 9.99. The maximum Gasteiger partial charge on any atom is 0.169 e. The van der Waals surface area contributed by atoms with Crippen molar-refractivity contribution in [2.75, 3.05) is 19.0 Å². The number of rotatable bonds is 3. The van der Waals surface area contributed by atoms with E-state index in [1.165, 1.54) is 0 Å². The van der Waals surface area contributed by atoms with Gasteiger partial charge in [0.1, 0.15) is 0 Å². The van der Waals surface area contributed by atoms with Crippen LogP contribution in [0, 0.1) is 6.92 Å². The second-order valence-corrected chi connectivity index (χ2v) is 4.12. The lowest BCUT2D eigenvalue weighted by atomic mass is 10.1. The molecular formula is C12H18N2O2. The first-order valence-corrected chi connectivity index (χ1v) is 5.60. The Bertz CT molecular complexity index is 368. The van der Waals surface area contributed by atoms with Gasteiger partial charge < -0.3 is 14.8 Å². The Morgan fingerprint density at radius 1 is 1.50 bits per heavy atom. The molecule has 0 aromatic carbocycles. The van der Waals surface area contributed by atoms with Crippen molar-refractivity contribution in [2.45, 2.75) is 32.4 Å². The summed E-state index contributed by atoms with van der Waals surface area (Å²) in [6, 6.07) is 4.20. The van der Waals surface area contributed by atoms with E-state index in [9.17, 15) is 0 Å². The van der Waals surface area contributed by atoms with Gasteiger partial charge in [-0.1, -0.05) is 0 Å². The lowest BCUT2D eigenvalue weighted by Gasteiger charge is -2.18. The van der Waals surface area contributed by atoms with Crippen molar-refractivity contribution >= 4 is 5.82 Å². The first-order valence-electron chi connectivity index (χ1n) is 5.60. The molecule has 4 nitrogen and oxygen atoms in total. The molecule has 88 valence electrons. The minimum Gasteiger partial charge on any atom is -0.493 e. The van der Waals surface area contributed by atoms with Gasteiger partial charge in [0, 0.05) is 12.3 Å². The molecule has 2 rings (SSSR count). The first kappa shape index (κ1) is 11.2. The highest BCUT2D eigenvalue weighted by molar-refractivity contribution is 5.51. The molecular weight excluding hydrogens is 204 g/mol.